The zero-order valence-corrected chi connectivity index (χ0v) is 11.2. The van der Waals surface area contributed by atoms with E-state index in [1.165, 1.54) is 6.07 Å². The van der Waals surface area contributed by atoms with E-state index < -0.39 is 11.7 Å². The lowest BCUT2D eigenvalue weighted by Gasteiger charge is -2.37. The summed E-state index contributed by atoms with van der Waals surface area (Å²) in [5.41, 5.74) is 0.410. The molecule has 1 N–H and O–H groups in total. The highest BCUT2D eigenvalue weighted by molar-refractivity contribution is 5.57. The number of rotatable bonds is 4. The lowest BCUT2D eigenvalue weighted by molar-refractivity contribution is -0.137. The molecule has 1 fully saturated rings. The minimum absolute atomic E-state index is 0.247. The molecule has 0 radical (unpaired) electrons. The molecule has 1 aromatic carbocycles. The number of benzene rings is 1. The molecule has 0 aromatic heterocycles. The van der Waals surface area contributed by atoms with E-state index in [4.69, 9.17) is 0 Å². The van der Waals surface area contributed by atoms with E-state index in [1.807, 2.05) is 0 Å². The highest BCUT2D eigenvalue weighted by Crippen LogP contribution is 2.39. The van der Waals surface area contributed by atoms with Crippen LogP contribution in [0.1, 0.15) is 30.4 Å². The van der Waals surface area contributed by atoms with Crippen LogP contribution in [-0.2, 0) is 12.7 Å². The zero-order chi connectivity index (χ0) is 14.0. The second-order valence-electron chi connectivity index (χ2n) is 5.08. The van der Waals surface area contributed by atoms with Crippen LogP contribution < -0.4 is 10.2 Å². The highest BCUT2D eigenvalue weighted by Gasteiger charge is 2.36. The fourth-order valence-electron chi connectivity index (χ4n) is 2.40. The lowest BCUT2D eigenvalue weighted by atomic mass is 9.91. The number of hydrogen-bond acceptors (Lipinski definition) is 2. The maximum absolute atomic E-state index is 13.2. The Morgan fingerprint density at radius 2 is 2.00 bits per heavy atom. The molecule has 0 atom stereocenters. The van der Waals surface area contributed by atoms with Gasteiger partial charge in [-0.15, -0.1) is 0 Å². The maximum Gasteiger partial charge on any atom is 0.418 e. The average Bonchev–Trinajstić information content (AvgIpc) is 2.25. The topological polar surface area (TPSA) is 15.3 Å². The van der Waals surface area contributed by atoms with Crippen molar-refractivity contribution in [2.24, 2.45) is 0 Å². The molecule has 0 spiro atoms. The molecule has 0 bridgehead atoms. The third-order valence-electron chi connectivity index (χ3n) is 3.75. The van der Waals surface area contributed by atoms with Crippen molar-refractivity contribution in [2.75, 3.05) is 19.0 Å². The van der Waals surface area contributed by atoms with Gasteiger partial charge in [-0.05, 0) is 44.0 Å². The van der Waals surface area contributed by atoms with Gasteiger partial charge in [0.2, 0.25) is 0 Å². The van der Waals surface area contributed by atoms with E-state index in [0.717, 1.165) is 19.3 Å². The molecular formula is C14H19F3N2. The van der Waals surface area contributed by atoms with Gasteiger partial charge >= 0.3 is 6.18 Å². The first-order valence-corrected chi connectivity index (χ1v) is 6.51. The fourth-order valence-corrected chi connectivity index (χ4v) is 2.40. The predicted octanol–water partition coefficient (Wildman–Crippen LogP) is 3.41. The summed E-state index contributed by atoms with van der Waals surface area (Å²) < 4.78 is 39.5. The summed E-state index contributed by atoms with van der Waals surface area (Å²) in [5.74, 6) is 0. The molecule has 1 saturated carbocycles. The molecule has 0 saturated heterocycles. The van der Waals surface area contributed by atoms with Gasteiger partial charge in [0.25, 0.3) is 0 Å². The van der Waals surface area contributed by atoms with Crippen molar-refractivity contribution in [1.82, 2.24) is 5.32 Å². The highest BCUT2D eigenvalue weighted by atomic mass is 19.4. The SMILES string of the molecule is CNCc1ccc(N(C)C2CCC2)c(C(F)(F)F)c1. The van der Waals surface area contributed by atoms with Crippen LogP contribution in [0.4, 0.5) is 18.9 Å². The zero-order valence-electron chi connectivity index (χ0n) is 11.2. The largest absolute Gasteiger partial charge is 0.418 e. The Labute approximate surface area is 111 Å². The van der Waals surface area contributed by atoms with Gasteiger partial charge in [-0.3, -0.25) is 0 Å². The van der Waals surface area contributed by atoms with Crippen LogP contribution in [0, 0.1) is 0 Å². The Bertz CT molecular complexity index is 439. The molecule has 5 heteroatoms. The van der Waals surface area contributed by atoms with Crippen molar-refractivity contribution in [1.29, 1.82) is 0 Å². The first-order valence-electron chi connectivity index (χ1n) is 6.51. The van der Waals surface area contributed by atoms with E-state index >= 15 is 0 Å². The summed E-state index contributed by atoms with van der Waals surface area (Å²) in [6.07, 6.45) is -1.25. The number of halogens is 3. The molecule has 0 heterocycles. The van der Waals surface area contributed by atoms with Gasteiger partial charge in [0, 0.05) is 25.3 Å². The molecule has 0 unspecified atom stereocenters. The molecule has 1 aromatic rings. The summed E-state index contributed by atoms with van der Waals surface area (Å²) in [4.78, 5) is 1.77. The van der Waals surface area contributed by atoms with E-state index in [-0.39, 0.29) is 11.7 Å². The Kier molecular flexibility index (Phi) is 4.04. The van der Waals surface area contributed by atoms with Crippen LogP contribution in [0.2, 0.25) is 0 Å². The average molecular weight is 272 g/mol. The van der Waals surface area contributed by atoms with Crippen molar-refractivity contribution in [2.45, 2.75) is 38.0 Å². The summed E-state index contributed by atoms with van der Waals surface area (Å²) >= 11 is 0. The number of anilines is 1. The number of nitrogens with zero attached hydrogens (tertiary/aromatic N) is 1. The summed E-state index contributed by atoms with van der Waals surface area (Å²) in [5, 5.41) is 2.88. The minimum atomic E-state index is -4.31. The smallest absolute Gasteiger partial charge is 0.371 e. The van der Waals surface area contributed by atoms with Gasteiger partial charge in [-0.1, -0.05) is 6.07 Å². The first kappa shape index (κ1) is 14.2. The van der Waals surface area contributed by atoms with Crippen LogP contribution in [0.25, 0.3) is 0 Å². The van der Waals surface area contributed by atoms with Crippen molar-refractivity contribution < 1.29 is 13.2 Å². The van der Waals surface area contributed by atoms with Crippen LogP contribution in [0.3, 0.4) is 0 Å². The van der Waals surface area contributed by atoms with Crippen molar-refractivity contribution >= 4 is 5.69 Å². The molecule has 0 aliphatic heterocycles. The monoisotopic (exact) mass is 272 g/mol. The predicted molar refractivity (Wildman–Crippen MR) is 70.2 cm³/mol. The second-order valence-corrected chi connectivity index (χ2v) is 5.08. The van der Waals surface area contributed by atoms with Crippen molar-refractivity contribution in [3.63, 3.8) is 0 Å². The van der Waals surface area contributed by atoms with Gasteiger partial charge in [-0.25, -0.2) is 0 Å². The molecule has 106 valence electrons. The summed E-state index contributed by atoms with van der Waals surface area (Å²) in [6, 6.07) is 4.85. The first-order chi connectivity index (χ1) is 8.93. The minimum Gasteiger partial charge on any atom is -0.371 e. The van der Waals surface area contributed by atoms with Crippen LogP contribution in [0.5, 0.6) is 0 Å². The molecule has 2 rings (SSSR count). The van der Waals surface area contributed by atoms with Crippen LogP contribution >= 0.6 is 0 Å². The maximum atomic E-state index is 13.2. The van der Waals surface area contributed by atoms with Gasteiger partial charge < -0.3 is 10.2 Å². The Morgan fingerprint density at radius 1 is 1.32 bits per heavy atom. The van der Waals surface area contributed by atoms with E-state index in [1.54, 1.807) is 31.1 Å². The molecule has 2 nitrogen and oxygen atoms in total. The Hall–Kier alpha value is -1.23. The summed E-state index contributed by atoms with van der Waals surface area (Å²) in [6.45, 7) is 0.441. The van der Waals surface area contributed by atoms with E-state index in [2.05, 4.69) is 5.32 Å². The van der Waals surface area contributed by atoms with Gasteiger partial charge in [0.05, 0.1) is 5.56 Å². The second kappa shape index (κ2) is 5.41. The summed E-state index contributed by atoms with van der Waals surface area (Å²) in [7, 11) is 3.48. The number of hydrogen-bond donors (Lipinski definition) is 1. The fraction of sp³-hybridized carbons (Fsp3) is 0.571. The van der Waals surface area contributed by atoms with Gasteiger partial charge in [-0.2, -0.15) is 13.2 Å². The lowest BCUT2D eigenvalue weighted by Crippen LogP contribution is -2.38. The number of nitrogens with one attached hydrogen (secondary N) is 1. The molecule has 0 amide bonds. The van der Waals surface area contributed by atoms with E-state index in [0.29, 0.717) is 12.1 Å². The van der Waals surface area contributed by atoms with Crippen LogP contribution in [0.15, 0.2) is 18.2 Å². The normalized spacial score (nSPS) is 16.3. The van der Waals surface area contributed by atoms with Crippen LogP contribution in [-0.4, -0.2) is 20.1 Å². The van der Waals surface area contributed by atoms with Gasteiger partial charge in [0.15, 0.2) is 0 Å². The number of alkyl halides is 3. The molecule has 1 aliphatic rings. The third kappa shape index (κ3) is 3.03. The molecule has 1 aliphatic carbocycles. The molecular weight excluding hydrogens is 253 g/mol. The Balaban J connectivity index is 2.35. The standard InChI is InChI=1S/C14H19F3N2/c1-18-9-10-6-7-13(12(8-10)14(15,16)17)19(2)11-4-3-5-11/h6-8,11,18H,3-5,9H2,1-2H3. The van der Waals surface area contributed by atoms with Crippen molar-refractivity contribution in [3.05, 3.63) is 29.3 Å². The van der Waals surface area contributed by atoms with E-state index in [9.17, 15) is 13.2 Å². The quantitative estimate of drug-likeness (QED) is 0.903. The van der Waals surface area contributed by atoms with Gasteiger partial charge in [0.1, 0.15) is 0 Å². The molecule has 19 heavy (non-hydrogen) atoms. The Morgan fingerprint density at radius 3 is 2.47 bits per heavy atom. The van der Waals surface area contributed by atoms with Crippen molar-refractivity contribution in [3.8, 4) is 0 Å². The third-order valence-corrected chi connectivity index (χ3v) is 3.75.